The maximum Gasteiger partial charge on any atom is 0.434 e. The molecule has 0 spiro atoms. The van der Waals surface area contributed by atoms with E-state index in [0.717, 1.165) is 18.4 Å². The first-order valence-corrected chi connectivity index (χ1v) is 5.44. The summed E-state index contributed by atoms with van der Waals surface area (Å²) in [6, 6.07) is 1.74. The van der Waals surface area contributed by atoms with Crippen molar-refractivity contribution in [3.05, 3.63) is 23.4 Å². The Labute approximate surface area is 90.6 Å². The Balaban J connectivity index is 3.45. The average molecular weight is 253 g/mol. The Hall–Kier alpha value is -1.44. The third-order valence-corrected chi connectivity index (χ3v) is 2.48. The number of hydrogen-bond donors (Lipinski definition) is 1. The van der Waals surface area contributed by atoms with Gasteiger partial charge in [0.15, 0.2) is 5.69 Å². The molecule has 0 aliphatic carbocycles. The molecule has 4 nitrogen and oxygen atoms in total. The molecule has 16 heavy (non-hydrogen) atoms. The highest BCUT2D eigenvalue weighted by atomic mass is 32.2. The number of aromatic carboxylic acids is 1. The van der Waals surface area contributed by atoms with Crippen LogP contribution in [0.15, 0.2) is 17.2 Å². The van der Waals surface area contributed by atoms with E-state index in [2.05, 4.69) is 4.98 Å². The van der Waals surface area contributed by atoms with Gasteiger partial charge in [0.1, 0.15) is 5.03 Å². The van der Waals surface area contributed by atoms with Crippen LogP contribution in [0.25, 0.3) is 0 Å². The molecule has 1 rings (SSSR count). The molecule has 0 saturated carbocycles. The highest BCUT2D eigenvalue weighted by molar-refractivity contribution is 7.84. The number of alkyl halides is 3. The smallest absolute Gasteiger partial charge is 0.434 e. The Morgan fingerprint density at radius 1 is 1.44 bits per heavy atom. The summed E-state index contributed by atoms with van der Waals surface area (Å²) in [7, 11) is -1.70. The van der Waals surface area contributed by atoms with Gasteiger partial charge < -0.3 is 5.11 Å². The van der Waals surface area contributed by atoms with E-state index in [1.165, 1.54) is 0 Å². The minimum absolute atomic E-state index is 0.308. The summed E-state index contributed by atoms with van der Waals surface area (Å²) in [6.45, 7) is 0. The molecular weight excluding hydrogens is 247 g/mol. The molecule has 0 saturated heterocycles. The van der Waals surface area contributed by atoms with Crippen molar-refractivity contribution in [3.63, 3.8) is 0 Å². The van der Waals surface area contributed by atoms with Gasteiger partial charge in [0.05, 0.1) is 16.4 Å². The molecule has 0 amide bonds. The van der Waals surface area contributed by atoms with Gasteiger partial charge in [-0.15, -0.1) is 0 Å². The summed E-state index contributed by atoms with van der Waals surface area (Å²) in [5.74, 6) is -1.73. The van der Waals surface area contributed by atoms with Crippen LogP contribution in [0.2, 0.25) is 0 Å². The van der Waals surface area contributed by atoms with Gasteiger partial charge in [-0.05, 0) is 12.1 Å². The zero-order chi connectivity index (χ0) is 12.5. The van der Waals surface area contributed by atoms with Crippen molar-refractivity contribution >= 4 is 16.8 Å². The number of carbonyl (C=O) groups is 1. The van der Waals surface area contributed by atoms with Crippen LogP contribution < -0.4 is 0 Å². The van der Waals surface area contributed by atoms with Crippen molar-refractivity contribution in [2.24, 2.45) is 0 Å². The molecule has 1 atom stereocenters. The van der Waals surface area contributed by atoms with Crippen LogP contribution in [0, 0.1) is 0 Å². The summed E-state index contributed by atoms with van der Waals surface area (Å²) in [6.07, 6.45) is -3.73. The largest absolute Gasteiger partial charge is 0.478 e. The molecule has 1 aromatic rings. The van der Waals surface area contributed by atoms with E-state index in [4.69, 9.17) is 5.11 Å². The number of pyridine rings is 1. The van der Waals surface area contributed by atoms with Gasteiger partial charge in [0.2, 0.25) is 0 Å². The zero-order valence-corrected chi connectivity index (χ0v) is 8.72. The van der Waals surface area contributed by atoms with Gasteiger partial charge in [-0.2, -0.15) is 13.2 Å². The Kier molecular flexibility index (Phi) is 3.32. The lowest BCUT2D eigenvalue weighted by Crippen LogP contribution is -2.16. The van der Waals surface area contributed by atoms with E-state index in [-0.39, 0.29) is 5.03 Å². The number of rotatable bonds is 2. The Morgan fingerprint density at radius 2 is 2.00 bits per heavy atom. The molecule has 0 radical (unpaired) electrons. The molecule has 0 aliphatic rings. The maximum absolute atomic E-state index is 12.4. The normalized spacial score (nSPS) is 13.5. The summed E-state index contributed by atoms with van der Waals surface area (Å²) in [5.41, 5.74) is -2.49. The molecule has 8 heteroatoms. The Morgan fingerprint density at radius 3 is 2.38 bits per heavy atom. The molecule has 0 bridgehead atoms. The van der Waals surface area contributed by atoms with Crippen LogP contribution in [-0.4, -0.2) is 26.5 Å². The molecule has 1 unspecified atom stereocenters. The van der Waals surface area contributed by atoms with Crippen molar-refractivity contribution in [2.75, 3.05) is 6.26 Å². The van der Waals surface area contributed by atoms with Crippen molar-refractivity contribution in [3.8, 4) is 0 Å². The fourth-order valence-corrected chi connectivity index (χ4v) is 1.47. The molecule has 1 N–H and O–H groups in total. The predicted octanol–water partition coefficient (Wildman–Crippen LogP) is 1.54. The second-order valence-corrected chi connectivity index (χ2v) is 4.13. The predicted molar refractivity (Wildman–Crippen MR) is 48.5 cm³/mol. The maximum atomic E-state index is 12.4. The molecule has 0 fully saturated rings. The summed E-state index contributed by atoms with van der Waals surface area (Å²) in [5, 5.41) is 8.23. The first-order valence-electron chi connectivity index (χ1n) is 3.88. The quantitative estimate of drug-likeness (QED) is 0.868. The lowest BCUT2D eigenvalue weighted by atomic mass is 10.2. The van der Waals surface area contributed by atoms with Crippen LogP contribution in [0.1, 0.15) is 16.1 Å². The van der Waals surface area contributed by atoms with Crippen molar-refractivity contribution in [1.82, 2.24) is 4.98 Å². The lowest BCUT2D eigenvalue weighted by Gasteiger charge is -2.09. The molecule has 1 heterocycles. The second-order valence-electron chi connectivity index (χ2n) is 2.80. The minimum atomic E-state index is -4.89. The molecular formula is C8H6F3NO3S. The SMILES string of the molecule is CS(=O)c1ccc(C(=O)O)c(C(F)(F)F)n1. The van der Waals surface area contributed by atoms with E-state index >= 15 is 0 Å². The molecule has 0 aliphatic heterocycles. The lowest BCUT2D eigenvalue weighted by molar-refractivity contribution is -0.142. The highest BCUT2D eigenvalue weighted by Gasteiger charge is 2.37. The van der Waals surface area contributed by atoms with Crippen LogP contribution in [0.4, 0.5) is 13.2 Å². The zero-order valence-electron chi connectivity index (χ0n) is 7.91. The van der Waals surface area contributed by atoms with Crippen molar-refractivity contribution in [1.29, 1.82) is 0 Å². The van der Waals surface area contributed by atoms with E-state index < -0.39 is 34.2 Å². The third-order valence-electron chi connectivity index (χ3n) is 1.66. The van der Waals surface area contributed by atoms with Crippen LogP contribution in [0.3, 0.4) is 0 Å². The summed E-state index contributed by atoms with van der Waals surface area (Å²) in [4.78, 5) is 13.6. The minimum Gasteiger partial charge on any atom is -0.478 e. The van der Waals surface area contributed by atoms with Crippen molar-refractivity contribution in [2.45, 2.75) is 11.2 Å². The summed E-state index contributed by atoms with van der Waals surface area (Å²) >= 11 is 0. The topological polar surface area (TPSA) is 67.3 Å². The van der Waals surface area contributed by atoms with E-state index in [1.54, 1.807) is 0 Å². The van der Waals surface area contributed by atoms with Gasteiger partial charge in [-0.25, -0.2) is 9.78 Å². The number of nitrogens with zero attached hydrogens (tertiary/aromatic N) is 1. The Bertz CT molecular complexity index is 458. The number of hydrogen-bond acceptors (Lipinski definition) is 3. The van der Waals surface area contributed by atoms with Crippen LogP contribution in [0.5, 0.6) is 0 Å². The van der Waals surface area contributed by atoms with E-state index in [1.807, 2.05) is 0 Å². The van der Waals surface area contributed by atoms with Gasteiger partial charge in [0.25, 0.3) is 0 Å². The average Bonchev–Trinajstić information content (AvgIpc) is 2.15. The molecule has 0 aromatic carbocycles. The molecule has 1 aromatic heterocycles. The summed E-state index contributed by atoms with van der Waals surface area (Å²) < 4.78 is 48.2. The first kappa shape index (κ1) is 12.6. The first-order chi connectivity index (χ1) is 7.23. The van der Waals surface area contributed by atoms with Gasteiger partial charge in [0, 0.05) is 6.26 Å². The van der Waals surface area contributed by atoms with Crippen molar-refractivity contribution < 1.29 is 27.3 Å². The van der Waals surface area contributed by atoms with E-state index in [0.29, 0.717) is 0 Å². The van der Waals surface area contributed by atoms with Gasteiger partial charge in [-0.3, -0.25) is 4.21 Å². The van der Waals surface area contributed by atoms with E-state index in [9.17, 15) is 22.2 Å². The number of carboxylic acid groups (broad SMARTS) is 1. The van der Waals surface area contributed by atoms with Gasteiger partial charge in [-0.1, -0.05) is 0 Å². The highest BCUT2D eigenvalue weighted by Crippen LogP contribution is 2.30. The monoisotopic (exact) mass is 253 g/mol. The number of halogens is 3. The standard InChI is InChI=1S/C8H6F3NO3S/c1-16(15)5-3-2-4(7(13)14)6(12-5)8(9,10)11/h2-3H,1H3,(H,13,14). The second kappa shape index (κ2) is 4.20. The number of carboxylic acids is 1. The van der Waals surface area contributed by atoms with Crippen LogP contribution in [-0.2, 0) is 17.0 Å². The fourth-order valence-electron chi connectivity index (χ4n) is 0.990. The van der Waals surface area contributed by atoms with Crippen LogP contribution >= 0.6 is 0 Å². The fraction of sp³-hybridized carbons (Fsp3) is 0.250. The molecule has 88 valence electrons. The number of aromatic nitrogens is 1. The third kappa shape index (κ3) is 2.57. The van der Waals surface area contributed by atoms with Gasteiger partial charge >= 0.3 is 12.1 Å².